The molecule has 0 unspecified atom stereocenters. The van der Waals surface area contributed by atoms with Crippen LogP contribution in [0.4, 0.5) is 0 Å². The Morgan fingerprint density at radius 2 is 2.33 bits per heavy atom. The minimum absolute atomic E-state index is 0.122. The van der Waals surface area contributed by atoms with Crippen LogP contribution in [0.1, 0.15) is 35.8 Å². The van der Waals surface area contributed by atoms with Gasteiger partial charge in [0.1, 0.15) is 11.3 Å². The first kappa shape index (κ1) is 11.5. The Morgan fingerprint density at radius 3 is 2.93 bits per heavy atom. The molecule has 0 aromatic carbocycles. The van der Waals surface area contributed by atoms with E-state index in [2.05, 4.69) is 11.9 Å². The number of carbonyl (C=O) groups is 1. The van der Waals surface area contributed by atoms with Gasteiger partial charge in [-0.05, 0) is 13.3 Å². The normalized spacial score (nSPS) is 10.0. The molecule has 0 saturated carbocycles. The maximum Gasteiger partial charge on any atom is 0.341 e. The number of aromatic carboxylic acids is 1. The Hall–Kier alpha value is -1.58. The highest BCUT2D eigenvalue weighted by atomic mass is 16.5. The van der Waals surface area contributed by atoms with Crippen LogP contribution in [0, 0.1) is 6.92 Å². The molecular weight excluding hydrogens is 194 g/mol. The van der Waals surface area contributed by atoms with Gasteiger partial charge in [0, 0.05) is 18.0 Å². The van der Waals surface area contributed by atoms with Crippen LogP contribution in [0.3, 0.4) is 0 Å². The summed E-state index contributed by atoms with van der Waals surface area (Å²) in [5.74, 6) is -0.600. The Balaban J connectivity index is 2.82. The summed E-state index contributed by atoms with van der Waals surface area (Å²) < 4.78 is 5.40. The quantitative estimate of drug-likeness (QED) is 0.756. The number of hydrogen-bond acceptors (Lipinski definition) is 3. The number of aryl methyl sites for hydroxylation is 1. The van der Waals surface area contributed by atoms with Crippen LogP contribution in [-0.4, -0.2) is 22.7 Å². The highest BCUT2D eigenvalue weighted by molar-refractivity contribution is 5.90. The molecule has 1 heterocycles. The molecule has 15 heavy (non-hydrogen) atoms. The molecule has 0 saturated heterocycles. The smallest absolute Gasteiger partial charge is 0.341 e. The number of aromatic nitrogens is 1. The van der Waals surface area contributed by atoms with Gasteiger partial charge < -0.3 is 9.84 Å². The summed E-state index contributed by atoms with van der Waals surface area (Å²) in [6.45, 7) is 4.40. The van der Waals surface area contributed by atoms with Gasteiger partial charge in [-0.2, -0.15) is 0 Å². The third-order valence-electron chi connectivity index (χ3n) is 1.99. The van der Waals surface area contributed by atoms with Crippen LogP contribution >= 0.6 is 0 Å². The van der Waals surface area contributed by atoms with Gasteiger partial charge in [0.25, 0.3) is 0 Å². The van der Waals surface area contributed by atoms with E-state index in [0.717, 1.165) is 18.5 Å². The van der Waals surface area contributed by atoms with Crippen molar-refractivity contribution in [2.75, 3.05) is 6.61 Å². The van der Waals surface area contributed by atoms with Crippen molar-refractivity contribution in [3.63, 3.8) is 0 Å². The van der Waals surface area contributed by atoms with Gasteiger partial charge >= 0.3 is 5.97 Å². The summed E-state index contributed by atoms with van der Waals surface area (Å²) in [4.78, 5) is 14.8. The van der Waals surface area contributed by atoms with Crippen molar-refractivity contribution in [2.45, 2.75) is 26.7 Å². The number of ether oxygens (including phenoxy) is 1. The molecule has 0 fully saturated rings. The van der Waals surface area contributed by atoms with E-state index in [4.69, 9.17) is 9.84 Å². The van der Waals surface area contributed by atoms with Gasteiger partial charge in [-0.1, -0.05) is 13.3 Å². The van der Waals surface area contributed by atoms with Crippen molar-refractivity contribution in [3.8, 4) is 5.75 Å². The summed E-state index contributed by atoms with van der Waals surface area (Å²) in [5, 5.41) is 8.89. The molecule has 0 aliphatic carbocycles. The molecule has 0 aliphatic rings. The van der Waals surface area contributed by atoms with Crippen LogP contribution in [0.25, 0.3) is 0 Å². The number of unbranched alkanes of at least 4 members (excludes halogenated alkanes) is 1. The van der Waals surface area contributed by atoms with E-state index in [9.17, 15) is 4.79 Å². The largest absolute Gasteiger partial charge is 0.493 e. The Morgan fingerprint density at radius 1 is 1.60 bits per heavy atom. The average molecular weight is 209 g/mol. The maximum absolute atomic E-state index is 10.8. The van der Waals surface area contributed by atoms with Crippen LogP contribution < -0.4 is 4.74 Å². The third kappa shape index (κ3) is 3.23. The van der Waals surface area contributed by atoms with Crippen molar-refractivity contribution >= 4 is 5.97 Å². The molecule has 82 valence electrons. The monoisotopic (exact) mass is 209 g/mol. The highest BCUT2D eigenvalue weighted by Gasteiger charge is 2.11. The molecule has 0 bridgehead atoms. The molecule has 0 atom stereocenters. The zero-order valence-electron chi connectivity index (χ0n) is 8.99. The molecule has 1 aromatic rings. The van der Waals surface area contributed by atoms with E-state index in [1.165, 1.54) is 6.20 Å². The number of nitrogens with zero attached hydrogens (tertiary/aromatic N) is 1. The summed E-state index contributed by atoms with van der Waals surface area (Å²) in [6, 6.07) is 1.65. The average Bonchev–Trinajstić information content (AvgIpc) is 2.18. The number of carboxylic acids is 1. The van der Waals surface area contributed by atoms with E-state index in [1.807, 2.05) is 0 Å². The second kappa shape index (κ2) is 5.34. The maximum atomic E-state index is 10.8. The van der Waals surface area contributed by atoms with Gasteiger partial charge in [-0.15, -0.1) is 0 Å². The van der Waals surface area contributed by atoms with E-state index in [0.29, 0.717) is 12.4 Å². The molecule has 0 aliphatic heterocycles. The van der Waals surface area contributed by atoms with E-state index < -0.39 is 5.97 Å². The molecule has 0 radical (unpaired) electrons. The lowest BCUT2D eigenvalue weighted by atomic mass is 10.2. The van der Waals surface area contributed by atoms with Crippen LogP contribution in [0.15, 0.2) is 12.3 Å². The summed E-state index contributed by atoms with van der Waals surface area (Å²) in [5.41, 5.74) is 0.878. The van der Waals surface area contributed by atoms with Gasteiger partial charge in [-0.25, -0.2) is 4.79 Å². The minimum atomic E-state index is -1.01. The van der Waals surface area contributed by atoms with Crippen LogP contribution in [0.2, 0.25) is 0 Å². The van der Waals surface area contributed by atoms with Crippen molar-refractivity contribution in [1.29, 1.82) is 0 Å². The van der Waals surface area contributed by atoms with E-state index >= 15 is 0 Å². The topological polar surface area (TPSA) is 59.4 Å². The zero-order valence-corrected chi connectivity index (χ0v) is 8.99. The minimum Gasteiger partial charge on any atom is -0.493 e. The fraction of sp³-hybridized carbons (Fsp3) is 0.455. The van der Waals surface area contributed by atoms with Gasteiger partial charge in [0.15, 0.2) is 0 Å². The summed E-state index contributed by atoms with van der Waals surface area (Å²) >= 11 is 0. The van der Waals surface area contributed by atoms with Crippen molar-refractivity contribution < 1.29 is 14.6 Å². The summed E-state index contributed by atoms with van der Waals surface area (Å²) in [7, 11) is 0. The van der Waals surface area contributed by atoms with Gasteiger partial charge in [0.05, 0.1) is 6.61 Å². The fourth-order valence-corrected chi connectivity index (χ4v) is 1.14. The lowest BCUT2D eigenvalue weighted by molar-refractivity contribution is 0.0691. The first-order valence-electron chi connectivity index (χ1n) is 4.98. The lowest BCUT2D eigenvalue weighted by Gasteiger charge is -2.08. The molecule has 0 spiro atoms. The number of pyridine rings is 1. The summed E-state index contributed by atoms with van der Waals surface area (Å²) in [6.07, 6.45) is 3.27. The van der Waals surface area contributed by atoms with E-state index in [1.54, 1.807) is 13.0 Å². The first-order chi connectivity index (χ1) is 7.15. The SMILES string of the molecule is CCCCOc1cc(C)ncc1C(=O)O. The number of carboxylic acid groups (broad SMARTS) is 1. The van der Waals surface area contributed by atoms with Crippen LogP contribution in [-0.2, 0) is 0 Å². The second-order valence-electron chi connectivity index (χ2n) is 3.33. The fourth-order valence-electron chi connectivity index (χ4n) is 1.14. The van der Waals surface area contributed by atoms with Crippen LogP contribution in [0.5, 0.6) is 5.75 Å². The van der Waals surface area contributed by atoms with Gasteiger partial charge in [-0.3, -0.25) is 4.98 Å². The lowest BCUT2D eigenvalue weighted by Crippen LogP contribution is -2.05. The van der Waals surface area contributed by atoms with E-state index in [-0.39, 0.29) is 5.56 Å². The molecule has 1 aromatic heterocycles. The number of rotatable bonds is 5. The van der Waals surface area contributed by atoms with Gasteiger partial charge in [0.2, 0.25) is 0 Å². The first-order valence-corrected chi connectivity index (χ1v) is 4.98. The highest BCUT2D eigenvalue weighted by Crippen LogP contribution is 2.18. The zero-order chi connectivity index (χ0) is 11.3. The molecule has 0 amide bonds. The molecular formula is C11H15NO3. The number of hydrogen-bond donors (Lipinski definition) is 1. The molecule has 4 nitrogen and oxygen atoms in total. The van der Waals surface area contributed by atoms with Crippen molar-refractivity contribution in [1.82, 2.24) is 4.98 Å². The molecule has 1 rings (SSSR count). The third-order valence-corrected chi connectivity index (χ3v) is 1.99. The standard InChI is InChI=1S/C11H15NO3/c1-3-4-5-15-10-6-8(2)12-7-9(10)11(13)14/h6-7H,3-5H2,1-2H3,(H,13,14). The second-order valence-corrected chi connectivity index (χ2v) is 3.33. The Kier molecular flexibility index (Phi) is 4.09. The Labute approximate surface area is 88.9 Å². The predicted molar refractivity (Wildman–Crippen MR) is 56.3 cm³/mol. The molecule has 4 heteroatoms. The van der Waals surface area contributed by atoms with Crippen molar-refractivity contribution in [2.24, 2.45) is 0 Å². The predicted octanol–water partition coefficient (Wildman–Crippen LogP) is 2.27. The van der Waals surface area contributed by atoms with Crippen molar-refractivity contribution in [3.05, 3.63) is 23.5 Å². The Bertz CT molecular complexity index is 350. The molecule has 1 N–H and O–H groups in total.